The van der Waals surface area contributed by atoms with Crippen molar-refractivity contribution in [3.8, 4) is 0 Å². The number of anilines is 1. The van der Waals surface area contributed by atoms with Crippen molar-refractivity contribution in [1.29, 1.82) is 0 Å². The van der Waals surface area contributed by atoms with E-state index in [0.29, 0.717) is 18.3 Å². The number of nitrogens with one attached hydrogen (secondary N) is 1. The predicted octanol–water partition coefficient (Wildman–Crippen LogP) is 0.790. The van der Waals surface area contributed by atoms with Crippen molar-refractivity contribution >= 4 is 11.7 Å². The molecule has 19 heavy (non-hydrogen) atoms. The van der Waals surface area contributed by atoms with E-state index in [2.05, 4.69) is 34.3 Å². The van der Waals surface area contributed by atoms with Crippen LogP contribution in [0.2, 0.25) is 0 Å². The molecule has 0 atom stereocenters. The van der Waals surface area contributed by atoms with Crippen LogP contribution in [0.3, 0.4) is 0 Å². The van der Waals surface area contributed by atoms with Crippen molar-refractivity contribution in [3.63, 3.8) is 0 Å². The molecule has 0 aliphatic heterocycles. The Morgan fingerprint density at radius 1 is 1.37 bits per heavy atom. The molecule has 106 valence electrons. The molecule has 0 aliphatic rings. The molecule has 0 spiro atoms. The van der Waals surface area contributed by atoms with E-state index in [9.17, 15) is 4.79 Å². The summed E-state index contributed by atoms with van der Waals surface area (Å²) in [5.41, 5.74) is 5.98. The largest absolute Gasteiger partial charge is 0.354 e. The minimum atomic E-state index is -0.230. The Morgan fingerprint density at radius 2 is 2.05 bits per heavy atom. The quantitative estimate of drug-likeness (QED) is 0.761. The summed E-state index contributed by atoms with van der Waals surface area (Å²) in [4.78, 5) is 13.6. The third kappa shape index (κ3) is 3.89. The lowest BCUT2D eigenvalue weighted by atomic mass is 10.1. The van der Waals surface area contributed by atoms with E-state index >= 15 is 0 Å². The summed E-state index contributed by atoms with van der Waals surface area (Å²) in [6.07, 6.45) is 2.05. The maximum atomic E-state index is 11.4. The number of carbonyl (C=O) groups is 1. The molecule has 0 radical (unpaired) electrons. The number of hydrogen-bond acceptors (Lipinski definition) is 5. The zero-order chi connectivity index (χ0) is 14.3. The number of hydrogen-bond donors (Lipinski definition) is 2. The molecule has 0 fully saturated rings. The lowest BCUT2D eigenvalue weighted by Crippen LogP contribution is -2.39. The van der Waals surface area contributed by atoms with E-state index < -0.39 is 0 Å². The van der Waals surface area contributed by atoms with Gasteiger partial charge in [-0.05, 0) is 25.0 Å². The van der Waals surface area contributed by atoms with Crippen LogP contribution in [0.25, 0.3) is 0 Å². The summed E-state index contributed by atoms with van der Waals surface area (Å²) in [5, 5.41) is 10.6. The second-order valence-electron chi connectivity index (χ2n) is 4.31. The molecular formula is C13H23N5O. The Morgan fingerprint density at radius 3 is 2.47 bits per heavy atom. The maximum Gasteiger partial charge on any atom is 0.271 e. The molecular weight excluding hydrogens is 242 g/mol. The molecule has 0 bridgehead atoms. The fourth-order valence-electron chi connectivity index (χ4n) is 2.08. The van der Waals surface area contributed by atoms with Crippen molar-refractivity contribution in [3.05, 3.63) is 17.8 Å². The number of amides is 1. The molecule has 0 aliphatic carbocycles. The minimum absolute atomic E-state index is 0.230. The highest BCUT2D eigenvalue weighted by Gasteiger charge is 2.17. The van der Waals surface area contributed by atoms with Crippen LogP contribution in [0.15, 0.2) is 12.1 Å². The second-order valence-corrected chi connectivity index (χ2v) is 4.31. The van der Waals surface area contributed by atoms with Crippen LogP contribution in [-0.4, -0.2) is 42.3 Å². The average Bonchev–Trinajstić information content (AvgIpc) is 2.47. The minimum Gasteiger partial charge on any atom is -0.354 e. The van der Waals surface area contributed by atoms with E-state index in [-0.39, 0.29) is 5.91 Å². The van der Waals surface area contributed by atoms with Gasteiger partial charge in [-0.2, -0.15) is 0 Å². The molecule has 0 unspecified atom stereocenters. The van der Waals surface area contributed by atoms with Gasteiger partial charge in [0.05, 0.1) is 0 Å². The first-order chi connectivity index (χ1) is 9.17. The highest BCUT2D eigenvalue weighted by Crippen LogP contribution is 2.17. The normalized spacial score (nSPS) is 10.6. The van der Waals surface area contributed by atoms with Crippen molar-refractivity contribution < 1.29 is 4.79 Å². The first-order valence-electron chi connectivity index (χ1n) is 6.70. The molecule has 0 saturated heterocycles. The smallest absolute Gasteiger partial charge is 0.271 e. The van der Waals surface area contributed by atoms with E-state index in [1.807, 2.05) is 6.07 Å². The molecule has 0 saturated carbocycles. The highest BCUT2D eigenvalue weighted by atomic mass is 16.1. The van der Waals surface area contributed by atoms with Gasteiger partial charge >= 0.3 is 0 Å². The lowest BCUT2D eigenvalue weighted by Gasteiger charge is -2.30. The van der Waals surface area contributed by atoms with Crippen molar-refractivity contribution in [1.82, 2.24) is 15.5 Å². The number of rotatable bonds is 7. The van der Waals surface area contributed by atoms with E-state index in [4.69, 9.17) is 5.73 Å². The molecule has 1 heterocycles. The van der Waals surface area contributed by atoms with Gasteiger partial charge < -0.3 is 16.0 Å². The van der Waals surface area contributed by atoms with Crippen LogP contribution < -0.4 is 16.0 Å². The zero-order valence-corrected chi connectivity index (χ0v) is 11.9. The van der Waals surface area contributed by atoms with E-state index in [1.165, 1.54) is 0 Å². The third-order valence-corrected chi connectivity index (χ3v) is 3.16. The molecule has 1 aromatic heterocycles. The average molecular weight is 265 g/mol. The van der Waals surface area contributed by atoms with Crippen molar-refractivity contribution in [2.45, 2.75) is 32.7 Å². The molecule has 6 nitrogen and oxygen atoms in total. The molecule has 0 aromatic carbocycles. The highest BCUT2D eigenvalue weighted by molar-refractivity contribution is 5.91. The molecule has 1 rings (SSSR count). The number of nitrogens with zero attached hydrogens (tertiary/aromatic N) is 3. The van der Waals surface area contributed by atoms with Gasteiger partial charge in [0.15, 0.2) is 11.5 Å². The monoisotopic (exact) mass is 265 g/mol. The van der Waals surface area contributed by atoms with Crippen LogP contribution in [-0.2, 0) is 0 Å². The maximum absolute atomic E-state index is 11.4. The van der Waals surface area contributed by atoms with Gasteiger partial charge in [0, 0.05) is 26.2 Å². The number of carbonyl (C=O) groups excluding carboxylic acids is 1. The summed E-state index contributed by atoms with van der Waals surface area (Å²) in [6, 6.07) is 3.90. The number of nitrogens with two attached hydrogens (primary N) is 1. The summed E-state index contributed by atoms with van der Waals surface area (Å²) in [7, 11) is 1.57. The Balaban J connectivity index is 2.93. The Bertz CT molecular complexity index is 389. The second kappa shape index (κ2) is 7.68. The molecule has 1 aromatic rings. The van der Waals surface area contributed by atoms with Gasteiger partial charge in [0.1, 0.15) is 0 Å². The predicted molar refractivity (Wildman–Crippen MR) is 76.2 cm³/mol. The summed E-state index contributed by atoms with van der Waals surface area (Å²) >= 11 is 0. The van der Waals surface area contributed by atoms with Crippen LogP contribution in [0, 0.1) is 0 Å². The van der Waals surface area contributed by atoms with Gasteiger partial charge in [-0.1, -0.05) is 13.8 Å². The summed E-state index contributed by atoms with van der Waals surface area (Å²) in [6.45, 7) is 5.59. The Kier molecular flexibility index (Phi) is 6.21. The van der Waals surface area contributed by atoms with Crippen LogP contribution in [0.5, 0.6) is 0 Å². The van der Waals surface area contributed by atoms with Gasteiger partial charge in [-0.3, -0.25) is 4.79 Å². The topological polar surface area (TPSA) is 84.1 Å². The first-order valence-corrected chi connectivity index (χ1v) is 6.70. The van der Waals surface area contributed by atoms with Gasteiger partial charge in [-0.15, -0.1) is 10.2 Å². The fraction of sp³-hybridized carbons (Fsp3) is 0.615. The van der Waals surface area contributed by atoms with Gasteiger partial charge in [-0.25, -0.2) is 0 Å². The fourth-order valence-corrected chi connectivity index (χ4v) is 2.08. The Hall–Kier alpha value is -1.69. The van der Waals surface area contributed by atoms with E-state index in [1.54, 1.807) is 13.1 Å². The van der Waals surface area contributed by atoms with Gasteiger partial charge in [0.2, 0.25) is 0 Å². The molecule has 6 heteroatoms. The molecule has 1 amide bonds. The van der Waals surface area contributed by atoms with E-state index in [0.717, 1.165) is 25.2 Å². The van der Waals surface area contributed by atoms with Crippen molar-refractivity contribution in [2.75, 3.05) is 25.0 Å². The van der Waals surface area contributed by atoms with Gasteiger partial charge in [0.25, 0.3) is 5.91 Å². The number of aromatic nitrogens is 2. The van der Waals surface area contributed by atoms with Crippen LogP contribution >= 0.6 is 0 Å². The van der Waals surface area contributed by atoms with Crippen molar-refractivity contribution in [2.24, 2.45) is 5.73 Å². The summed E-state index contributed by atoms with van der Waals surface area (Å²) in [5.74, 6) is 0.541. The molecule has 3 N–H and O–H groups in total. The van der Waals surface area contributed by atoms with Crippen LogP contribution in [0.1, 0.15) is 37.2 Å². The Labute approximate surface area is 114 Å². The first kappa shape index (κ1) is 15.4. The standard InChI is InChI=1S/C13H23N5O/c1-4-10(5-2)18(9-8-14)12-7-6-11(16-17-12)13(19)15-3/h6-7,10H,4-5,8-9,14H2,1-3H3,(H,15,19). The van der Waals surface area contributed by atoms with Crippen LogP contribution in [0.4, 0.5) is 5.82 Å². The summed E-state index contributed by atoms with van der Waals surface area (Å²) < 4.78 is 0. The lowest BCUT2D eigenvalue weighted by molar-refractivity contribution is 0.0957. The SMILES string of the molecule is CCC(CC)N(CCN)c1ccc(C(=O)NC)nn1. The zero-order valence-electron chi connectivity index (χ0n) is 11.9. The third-order valence-electron chi connectivity index (χ3n) is 3.16.